The highest BCUT2D eigenvalue weighted by Gasteiger charge is 2.44. The molecule has 1 aliphatic rings. The van der Waals surface area contributed by atoms with E-state index in [1.54, 1.807) is 0 Å². The maximum atomic E-state index is 6.12. The molecule has 2 N–H and O–H groups in total. The molecule has 0 aliphatic heterocycles. The van der Waals surface area contributed by atoms with Crippen LogP contribution in [0, 0.1) is 11.8 Å². The van der Waals surface area contributed by atoms with Gasteiger partial charge in [-0.25, -0.2) is 0 Å². The Morgan fingerprint density at radius 2 is 1.91 bits per heavy atom. The summed E-state index contributed by atoms with van der Waals surface area (Å²) in [7, 11) is 0. The average Bonchev–Trinajstić information content (AvgIpc) is 2.68. The van der Waals surface area contributed by atoms with Crippen molar-refractivity contribution in [2.45, 2.75) is 52.0 Å². The van der Waals surface area contributed by atoms with Gasteiger partial charge in [0.1, 0.15) is 0 Å². The van der Waals surface area contributed by atoms with E-state index < -0.39 is 0 Å². The van der Waals surface area contributed by atoms with E-state index in [4.69, 9.17) is 5.73 Å². The molecule has 1 nitrogen and oxygen atoms in total. The van der Waals surface area contributed by atoms with E-state index in [1.165, 1.54) is 25.7 Å². The van der Waals surface area contributed by atoms with Crippen molar-refractivity contribution in [3.05, 3.63) is 0 Å². The van der Waals surface area contributed by atoms with Crippen LogP contribution in [-0.2, 0) is 0 Å². The van der Waals surface area contributed by atoms with Crippen LogP contribution in [0.15, 0.2) is 0 Å². The first kappa shape index (κ1) is 9.05. The summed E-state index contributed by atoms with van der Waals surface area (Å²) in [6, 6.07) is 0. The Kier molecular flexibility index (Phi) is 2.58. The van der Waals surface area contributed by atoms with E-state index in [9.17, 15) is 0 Å². The molecule has 0 amide bonds. The van der Waals surface area contributed by atoms with Crippen LogP contribution < -0.4 is 5.73 Å². The van der Waals surface area contributed by atoms with Crippen molar-refractivity contribution in [3.8, 4) is 0 Å². The van der Waals surface area contributed by atoms with Gasteiger partial charge >= 0.3 is 0 Å². The highest BCUT2D eigenvalue weighted by Crippen LogP contribution is 2.43. The lowest BCUT2D eigenvalue weighted by molar-refractivity contribution is 0.293. The number of hydrogen-bond donors (Lipinski definition) is 1. The zero-order chi connectivity index (χ0) is 8.48. The van der Waals surface area contributed by atoms with E-state index in [0.29, 0.717) is 0 Å². The first-order valence-electron chi connectivity index (χ1n) is 4.89. The fourth-order valence-corrected chi connectivity index (χ4v) is 1.87. The molecule has 1 rings (SSSR count). The van der Waals surface area contributed by atoms with Crippen LogP contribution in [0.4, 0.5) is 0 Å². The van der Waals surface area contributed by atoms with Gasteiger partial charge in [0, 0.05) is 5.54 Å². The molecule has 2 atom stereocenters. The fourth-order valence-electron chi connectivity index (χ4n) is 1.87. The van der Waals surface area contributed by atoms with E-state index in [2.05, 4.69) is 20.8 Å². The van der Waals surface area contributed by atoms with Crippen molar-refractivity contribution in [1.82, 2.24) is 0 Å². The molecule has 0 spiro atoms. The second kappa shape index (κ2) is 3.14. The molecular formula is C10H21N. The summed E-state index contributed by atoms with van der Waals surface area (Å²) in [6.45, 7) is 6.90. The third kappa shape index (κ3) is 1.96. The minimum Gasteiger partial charge on any atom is -0.325 e. The smallest absolute Gasteiger partial charge is 0.0184 e. The highest BCUT2D eigenvalue weighted by molar-refractivity contribution is 5.03. The summed E-state index contributed by atoms with van der Waals surface area (Å²) in [5, 5.41) is 0. The molecule has 0 radical (unpaired) electrons. The molecule has 1 heteroatoms. The van der Waals surface area contributed by atoms with Crippen LogP contribution in [0.25, 0.3) is 0 Å². The Labute approximate surface area is 70.4 Å². The first-order valence-corrected chi connectivity index (χ1v) is 4.89. The Bertz CT molecular complexity index is 127. The summed E-state index contributed by atoms with van der Waals surface area (Å²) in [5.74, 6) is 1.54. The lowest BCUT2D eigenvalue weighted by Gasteiger charge is -2.25. The predicted octanol–water partition coefficient (Wildman–Crippen LogP) is 2.55. The zero-order valence-corrected chi connectivity index (χ0v) is 8.06. The maximum absolute atomic E-state index is 6.12. The molecule has 0 aromatic carbocycles. The largest absolute Gasteiger partial charge is 0.325 e. The highest BCUT2D eigenvalue weighted by atomic mass is 14.8. The monoisotopic (exact) mass is 155 g/mol. The summed E-state index contributed by atoms with van der Waals surface area (Å²) in [6.07, 6.45) is 5.13. The van der Waals surface area contributed by atoms with E-state index in [1.807, 2.05) is 0 Å². The molecule has 0 aromatic rings. The lowest BCUT2D eigenvalue weighted by Crippen LogP contribution is -2.34. The number of hydrogen-bond acceptors (Lipinski definition) is 1. The summed E-state index contributed by atoms with van der Waals surface area (Å²) in [5.41, 5.74) is 6.35. The van der Waals surface area contributed by atoms with Crippen LogP contribution in [0.1, 0.15) is 46.5 Å². The minimum atomic E-state index is 0.231. The third-order valence-corrected chi connectivity index (χ3v) is 3.33. The van der Waals surface area contributed by atoms with Crippen molar-refractivity contribution >= 4 is 0 Å². The van der Waals surface area contributed by atoms with Gasteiger partial charge in [-0.2, -0.15) is 0 Å². The molecule has 0 heterocycles. The Balaban J connectivity index is 2.34. The van der Waals surface area contributed by atoms with E-state index >= 15 is 0 Å². The molecule has 66 valence electrons. The molecule has 0 saturated heterocycles. The summed E-state index contributed by atoms with van der Waals surface area (Å²) >= 11 is 0. The van der Waals surface area contributed by atoms with Gasteiger partial charge in [0.25, 0.3) is 0 Å². The Morgan fingerprint density at radius 1 is 1.36 bits per heavy atom. The molecule has 0 aromatic heterocycles. The topological polar surface area (TPSA) is 26.0 Å². The van der Waals surface area contributed by atoms with Gasteiger partial charge in [-0.1, -0.05) is 33.6 Å². The molecule has 1 fully saturated rings. The molecule has 1 saturated carbocycles. The van der Waals surface area contributed by atoms with Gasteiger partial charge in [-0.3, -0.25) is 0 Å². The van der Waals surface area contributed by atoms with Gasteiger partial charge in [0.05, 0.1) is 0 Å². The standard InChI is InChI=1S/C10H21N/c1-4-5-8(2)9(3)10(11)6-7-10/h8-9H,4-7,11H2,1-3H3. The van der Waals surface area contributed by atoms with Crippen molar-refractivity contribution in [3.63, 3.8) is 0 Å². The Morgan fingerprint density at radius 3 is 2.27 bits per heavy atom. The predicted molar refractivity (Wildman–Crippen MR) is 49.4 cm³/mol. The van der Waals surface area contributed by atoms with Crippen molar-refractivity contribution in [2.75, 3.05) is 0 Å². The molecule has 0 bridgehead atoms. The molecule has 11 heavy (non-hydrogen) atoms. The third-order valence-electron chi connectivity index (χ3n) is 3.33. The van der Waals surface area contributed by atoms with Gasteiger partial charge in [-0.05, 0) is 24.7 Å². The van der Waals surface area contributed by atoms with Crippen molar-refractivity contribution < 1.29 is 0 Å². The van der Waals surface area contributed by atoms with Crippen LogP contribution in [-0.4, -0.2) is 5.54 Å². The normalized spacial score (nSPS) is 26.2. The second-order valence-corrected chi connectivity index (χ2v) is 4.29. The fraction of sp³-hybridized carbons (Fsp3) is 1.00. The zero-order valence-electron chi connectivity index (χ0n) is 8.06. The lowest BCUT2D eigenvalue weighted by atomic mass is 9.85. The van der Waals surface area contributed by atoms with Crippen molar-refractivity contribution in [1.29, 1.82) is 0 Å². The molecular weight excluding hydrogens is 134 g/mol. The van der Waals surface area contributed by atoms with Gasteiger partial charge in [0.2, 0.25) is 0 Å². The molecule has 2 unspecified atom stereocenters. The maximum Gasteiger partial charge on any atom is 0.0184 e. The van der Waals surface area contributed by atoms with Crippen LogP contribution in [0.3, 0.4) is 0 Å². The SMILES string of the molecule is CCCC(C)C(C)C1(N)CC1. The second-order valence-electron chi connectivity index (χ2n) is 4.29. The van der Waals surface area contributed by atoms with E-state index in [-0.39, 0.29) is 5.54 Å². The van der Waals surface area contributed by atoms with Crippen LogP contribution in [0.5, 0.6) is 0 Å². The number of nitrogens with two attached hydrogens (primary N) is 1. The summed E-state index contributed by atoms with van der Waals surface area (Å²) in [4.78, 5) is 0. The minimum absolute atomic E-state index is 0.231. The summed E-state index contributed by atoms with van der Waals surface area (Å²) < 4.78 is 0. The van der Waals surface area contributed by atoms with Gasteiger partial charge in [0.15, 0.2) is 0 Å². The van der Waals surface area contributed by atoms with Gasteiger partial charge in [-0.15, -0.1) is 0 Å². The van der Waals surface area contributed by atoms with E-state index in [0.717, 1.165) is 11.8 Å². The Hall–Kier alpha value is -0.0400. The molecule has 1 aliphatic carbocycles. The van der Waals surface area contributed by atoms with Crippen molar-refractivity contribution in [2.24, 2.45) is 17.6 Å². The number of rotatable bonds is 4. The average molecular weight is 155 g/mol. The first-order chi connectivity index (χ1) is 5.10. The quantitative estimate of drug-likeness (QED) is 0.663. The van der Waals surface area contributed by atoms with Crippen LogP contribution in [0.2, 0.25) is 0 Å². The van der Waals surface area contributed by atoms with Gasteiger partial charge < -0.3 is 5.73 Å². The van der Waals surface area contributed by atoms with Crippen LogP contribution >= 0.6 is 0 Å².